The van der Waals surface area contributed by atoms with Crippen molar-refractivity contribution >= 4 is 10.9 Å². The van der Waals surface area contributed by atoms with E-state index in [-0.39, 0.29) is 0 Å². The van der Waals surface area contributed by atoms with Crippen LogP contribution in [0.1, 0.15) is 18.9 Å². The molecule has 108 valence electrons. The third-order valence-electron chi connectivity index (χ3n) is 2.97. The molecule has 0 amide bonds. The van der Waals surface area contributed by atoms with E-state index in [0.29, 0.717) is 19.1 Å². The zero-order chi connectivity index (χ0) is 14.2. The van der Waals surface area contributed by atoms with Crippen LogP contribution in [0.15, 0.2) is 30.3 Å². The van der Waals surface area contributed by atoms with E-state index in [1.54, 1.807) is 0 Å². The van der Waals surface area contributed by atoms with Crippen molar-refractivity contribution in [2.45, 2.75) is 19.9 Å². The van der Waals surface area contributed by atoms with Gasteiger partial charge >= 0.3 is 0 Å². The van der Waals surface area contributed by atoms with Crippen molar-refractivity contribution in [2.75, 3.05) is 26.9 Å². The molecule has 1 heterocycles. The SMILES string of the molecule is CCCOCCOc1cc(CNC)c2ccccc2n1. The summed E-state index contributed by atoms with van der Waals surface area (Å²) >= 11 is 0. The number of ether oxygens (including phenoxy) is 2. The minimum absolute atomic E-state index is 0.532. The molecule has 0 bridgehead atoms. The van der Waals surface area contributed by atoms with Crippen LogP contribution in [-0.2, 0) is 11.3 Å². The van der Waals surface area contributed by atoms with E-state index in [2.05, 4.69) is 23.3 Å². The highest BCUT2D eigenvalue weighted by molar-refractivity contribution is 5.82. The summed E-state index contributed by atoms with van der Waals surface area (Å²) in [7, 11) is 1.94. The van der Waals surface area contributed by atoms with Crippen molar-refractivity contribution < 1.29 is 9.47 Å². The lowest BCUT2D eigenvalue weighted by Gasteiger charge is -2.10. The van der Waals surface area contributed by atoms with E-state index >= 15 is 0 Å². The van der Waals surface area contributed by atoms with Gasteiger partial charge in [0.1, 0.15) is 6.61 Å². The third-order valence-corrected chi connectivity index (χ3v) is 2.97. The molecular formula is C16H22N2O2. The zero-order valence-corrected chi connectivity index (χ0v) is 12.2. The van der Waals surface area contributed by atoms with E-state index in [1.807, 2.05) is 31.3 Å². The molecular weight excluding hydrogens is 252 g/mol. The molecule has 0 atom stereocenters. The summed E-state index contributed by atoms with van der Waals surface area (Å²) in [6.07, 6.45) is 1.03. The Kier molecular flexibility index (Phi) is 5.77. The van der Waals surface area contributed by atoms with Crippen LogP contribution in [0.25, 0.3) is 10.9 Å². The number of hydrogen-bond acceptors (Lipinski definition) is 4. The fraction of sp³-hybridized carbons (Fsp3) is 0.438. The molecule has 0 spiro atoms. The molecule has 20 heavy (non-hydrogen) atoms. The molecule has 0 unspecified atom stereocenters. The quantitative estimate of drug-likeness (QED) is 0.752. The second-order valence-electron chi connectivity index (χ2n) is 4.63. The number of pyridine rings is 1. The van der Waals surface area contributed by atoms with Gasteiger partial charge in [0.2, 0.25) is 5.88 Å². The summed E-state index contributed by atoms with van der Waals surface area (Å²) in [4.78, 5) is 4.53. The first-order valence-corrected chi connectivity index (χ1v) is 7.09. The van der Waals surface area contributed by atoms with Gasteiger partial charge in [-0.05, 0) is 25.1 Å². The average Bonchev–Trinajstić information content (AvgIpc) is 2.47. The second-order valence-corrected chi connectivity index (χ2v) is 4.63. The maximum absolute atomic E-state index is 5.68. The summed E-state index contributed by atoms with van der Waals surface area (Å²) in [6.45, 7) is 4.80. The van der Waals surface area contributed by atoms with Crippen LogP contribution >= 0.6 is 0 Å². The van der Waals surface area contributed by atoms with Crippen LogP contribution in [0.2, 0.25) is 0 Å². The molecule has 1 N–H and O–H groups in total. The number of nitrogens with zero attached hydrogens (tertiary/aromatic N) is 1. The largest absolute Gasteiger partial charge is 0.475 e. The second kappa shape index (κ2) is 7.82. The molecule has 1 aromatic heterocycles. The molecule has 0 radical (unpaired) electrons. The Morgan fingerprint density at radius 1 is 1.15 bits per heavy atom. The minimum atomic E-state index is 0.532. The van der Waals surface area contributed by atoms with Crippen molar-refractivity contribution in [3.05, 3.63) is 35.9 Å². The fourth-order valence-electron chi connectivity index (χ4n) is 2.08. The van der Waals surface area contributed by atoms with Gasteiger partial charge in [-0.1, -0.05) is 25.1 Å². The highest BCUT2D eigenvalue weighted by Gasteiger charge is 2.05. The number of nitrogens with one attached hydrogen (secondary N) is 1. The van der Waals surface area contributed by atoms with Gasteiger partial charge in [-0.3, -0.25) is 0 Å². The number of hydrogen-bond donors (Lipinski definition) is 1. The van der Waals surface area contributed by atoms with Crippen molar-refractivity contribution in [1.82, 2.24) is 10.3 Å². The highest BCUT2D eigenvalue weighted by atomic mass is 16.5. The molecule has 2 aromatic rings. The smallest absolute Gasteiger partial charge is 0.214 e. The van der Waals surface area contributed by atoms with E-state index < -0.39 is 0 Å². The number of benzene rings is 1. The standard InChI is InChI=1S/C16H22N2O2/c1-3-8-19-9-10-20-16-11-13(12-17-2)14-6-4-5-7-15(14)18-16/h4-7,11,17H,3,8-10,12H2,1-2H3. The molecule has 0 saturated heterocycles. The molecule has 2 rings (SSSR count). The van der Waals surface area contributed by atoms with Crippen LogP contribution in [0.3, 0.4) is 0 Å². The van der Waals surface area contributed by atoms with E-state index in [1.165, 1.54) is 5.56 Å². The Labute approximate surface area is 120 Å². The Hall–Kier alpha value is -1.65. The number of rotatable bonds is 8. The topological polar surface area (TPSA) is 43.4 Å². The van der Waals surface area contributed by atoms with Gasteiger partial charge in [-0.25, -0.2) is 4.98 Å². The first-order valence-electron chi connectivity index (χ1n) is 7.09. The predicted molar refractivity (Wildman–Crippen MR) is 81.1 cm³/mol. The summed E-state index contributed by atoms with van der Waals surface area (Å²) in [5.74, 6) is 0.661. The van der Waals surface area contributed by atoms with Gasteiger partial charge < -0.3 is 14.8 Å². The van der Waals surface area contributed by atoms with E-state index in [0.717, 1.165) is 30.5 Å². The lowest BCUT2D eigenvalue weighted by atomic mass is 10.1. The highest BCUT2D eigenvalue weighted by Crippen LogP contribution is 2.21. The van der Waals surface area contributed by atoms with Crippen LogP contribution < -0.4 is 10.1 Å². The lowest BCUT2D eigenvalue weighted by Crippen LogP contribution is -2.10. The third kappa shape index (κ3) is 3.92. The van der Waals surface area contributed by atoms with Crippen molar-refractivity contribution in [2.24, 2.45) is 0 Å². The predicted octanol–water partition coefficient (Wildman–Crippen LogP) is 2.76. The molecule has 1 aromatic carbocycles. The van der Waals surface area contributed by atoms with E-state index in [4.69, 9.17) is 9.47 Å². The maximum atomic E-state index is 5.68. The fourth-order valence-corrected chi connectivity index (χ4v) is 2.08. The molecule has 4 heteroatoms. The van der Waals surface area contributed by atoms with Gasteiger partial charge in [-0.2, -0.15) is 0 Å². The monoisotopic (exact) mass is 274 g/mol. The summed E-state index contributed by atoms with van der Waals surface area (Å²) in [5.41, 5.74) is 2.16. The Balaban J connectivity index is 2.09. The van der Waals surface area contributed by atoms with Crippen LogP contribution in [0.4, 0.5) is 0 Å². The number of fused-ring (bicyclic) bond motifs is 1. The normalized spacial score (nSPS) is 10.9. The van der Waals surface area contributed by atoms with Crippen molar-refractivity contribution in [1.29, 1.82) is 0 Å². The number of para-hydroxylation sites is 1. The van der Waals surface area contributed by atoms with Crippen molar-refractivity contribution in [3.63, 3.8) is 0 Å². The van der Waals surface area contributed by atoms with Gasteiger partial charge in [0, 0.05) is 24.6 Å². The van der Waals surface area contributed by atoms with Crippen LogP contribution in [-0.4, -0.2) is 31.9 Å². The summed E-state index contributed by atoms with van der Waals surface area (Å²) in [6, 6.07) is 10.1. The maximum Gasteiger partial charge on any atom is 0.214 e. The molecule has 0 saturated carbocycles. The van der Waals surface area contributed by atoms with Crippen molar-refractivity contribution in [3.8, 4) is 5.88 Å². The van der Waals surface area contributed by atoms with Gasteiger partial charge in [-0.15, -0.1) is 0 Å². The van der Waals surface area contributed by atoms with E-state index in [9.17, 15) is 0 Å². The number of aromatic nitrogens is 1. The summed E-state index contributed by atoms with van der Waals surface area (Å²) < 4.78 is 11.1. The molecule has 0 fully saturated rings. The Morgan fingerprint density at radius 3 is 2.80 bits per heavy atom. The van der Waals surface area contributed by atoms with Gasteiger partial charge in [0.05, 0.1) is 12.1 Å². The van der Waals surface area contributed by atoms with Gasteiger partial charge in [0.25, 0.3) is 0 Å². The zero-order valence-electron chi connectivity index (χ0n) is 12.2. The first-order chi connectivity index (χ1) is 9.85. The molecule has 0 aliphatic carbocycles. The lowest BCUT2D eigenvalue weighted by molar-refractivity contribution is 0.0991. The van der Waals surface area contributed by atoms with Crippen LogP contribution in [0.5, 0.6) is 5.88 Å². The molecule has 0 aliphatic rings. The Morgan fingerprint density at radius 2 is 2.00 bits per heavy atom. The van der Waals surface area contributed by atoms with Gasteiger partial charge in [0.15, 0.2) is 0 Å². The molecule has 0 aliphatic heterocycles. The minimum Gasteiger partial charge on any atom is -0.475 e. The Bertz CT molecular complexity index is 543. The van der Waals surface area contributed by atoms with Crippen LogP contribution in [0, 0.1) is 0 Å². The summed E-state index contributed by atoms with van der Waals surface area (Å²) in [5, 5.41) is 4.34. The molecule has 4 nitrogen and oxygen atoms in total. The first kappa shape index (κ1) is 14.8. The average molecular weight is 274 g/mol.